The smallest absolute Gasteiger partial charge is 0.343 e. The van der Waals surface area contributed by atoms with Crippen LogP contribution in [0.4, 0.5) is 10.5 Å². The number of ether oxygens (including phenoxy) is 1. The number of hydrogen-bond acceptors (Lipinski definition) is 3. The van der Waals surface area contributed by atoms with Crippen LogP contribution in [0.15, 0.2) is 78.9 Å². The molecule has 3 aromatic rings. The Hall–Kier alpha value is -3.60. The third-order valence-corrected chi connectivity index (χ3v) is 3.54. The summed E-state index contributed by atoms with van der Waals surface area (Å²) in [6.45, 7) is 0. The Morgan fingerprint density at radius 3 is 2.32 bits per heavy atom. The van der Waals surface area contributed by atoms with Crippen molar-refractivity contribution in [1.82, 2.24) is 0 Å². The van der Waals surface area contributed by atoms with E-state index in [9.17, 15) is 9.59 Å². The van der Waals surface area contributed by atoms with Gasteiger partial charge in [-0.1, -0.05) is 54.6 Å². The van der Waals surface area contributed by atoms with E-state index < -0.39 is 12.0 Å². The number of nitrogens with one attached hydrogen (secondary N) is 1. The van der Waals surface area contributed by atoms with E-state index in [-0.39, 0.29) is 0 Å². The first-order chi connectivity index (χ1) is 12.1. The monoisotopic (exact) mass is 332 g/mol. The molecule has 0 aliphatic heterocycles. The van der Waals surface area contributed by atoms with Crippen molar-refractivity contribution in [3.8, 4) is 16.9 Å². The largest absolute Gasteiger partial charge is 0.422 e. The van der Waals surface area contributed by atoms with Crippen LogP contribution < -0.4 is 15.8 Å². The number of carbonyl (C=O) groups is 2. The average molecular weight is 332 g/mol. The summed E-state index contributed by atoms with van der Waals surface area (Å²) in [6.07, 6.45) is 0. The summed E-state index contributed by atoms with van der Waals surface area (Å²) in [6, 6.07) is 22.7. The van der Waals surface area contributed by atoms with Crippen molar-refractivity contribution in [3.63, 3.8) is 0 Å². The van der Waals surface area contributed by atoms with Gasteiger partial charge in [0, 0.05) is 11.3 Å². The van der Waals surface area contributed by atoms with Gasteiger partial charge in [-0.25, -0.2) is 9.59 Å². The van der Waals surface area contributed by atoms with E-state index in [4.69, 9.17) is 10.5 Å². The number of amides is 2. The summed E-state index contributed by atoms with van der Waals surface area (Å²) in [7, 11) is 0. The molecule has 0 bridgehead atoms. The van der Waals surface area contributed by atoms with Gasteiger partial charge in [0.15, 0.2) is 0 Å². The molecular weight excluding hydrogens is 316 g/mol. The zero-order chi connectivity index (χ0) is 17.6. The van der Waals surface area contributed by atoms with Crippen LogP contribution >= 0.6 is 0 Å². The number of benzene rings is 3. The Morgan fingerprint density at radius 2 is 1.56 bits per heavy atom. The molecule has 0 saturated heterocycles. The molecule has 25 heavy (non-hydrogen) atoms. The van der Waals surface area contributed by atoms with Gasteiger partial charge in [-0.2, -0.15) is 0 Å². The molecule has 0 aliphatic rings. The molecular formula is C20H16N2O3. The summed E-state index contributed by atoms with van der Waals surface area (Å²) in [4.78, 5) is 23.4. The van der Waals surface area contributed by atoms with Gasteiger partial charge >= 0.3 is 12.0 Å². The zero-order valence-electron chi connectivity index (χ0n) is 13.3. The lowest BCUT2D eigenvalue weighted by Crippen LogP contribution is -2.19. The Balaban J connectivity index is 1.86. The van der Waals surface area contributed by atoms with Gasteiger partial charge in [0.2, 0.25) is 0 Å². The molecule has 0 aromatic heterocycles. The zero-order valence-corrected chi connectivity index (χ0v) is 13.3. The van der Waals surface area contributed by atoms with Gasteiger partial charge in [-0.05, 0) is 29.8 Å². The van der Waals surface area contributed by atoms with Gasteiger partial charge in [-0.3, -0.25) is 0 Å². The van der Waals surface area contributed by atoms with Gasteiger partial charge < -0.3 is 15.8 Å². The summed E-state index contributed by atoms with van der Waals surface area (Å²) in [5.41, 5.74) is 7.61. The van der Waals surface area contributed by atoms with Crippen LogP contribution in [0, 0.1) is 0 Å². The fourth-order valence-electron chi connectivity index (χ4n) is 2.44. The number of rotatable bonds is 4. The molecule has 0 radical (unpaired) electrons. The maximum Gasteiger partial charge on any atom is 0.343 e. The van der Waals surface area contributed by atoms with Crippen molar-refractivity contribution in [2.24, 2.45) is 5.73 Å². The first kappa shape index (κ1) is 16.3. The highest BCUT2D eigenvalue weighted by Gasteiger charge is 2.13. The van der Waals surface area contributed by atoms with Gasteiger partial charge in [0.1, 0.15) is 5.75 Å². The minimum atomic E-state index is -0.694. The number of hydrogen-bond donors (Lipinski definition) is 2. The quantitative estimate of drug-likeness (QED) is 0.558. The molecule has 0 unspecified atom stereocenters. The third kappa shape index (κ3) is 4.03. The summed E-state index contributed by atoms with van der Waals surface area (Å²) >= 11 is 0. The number of esters is 1. The molecule has 2 amide bonds. The summed E-state index contributed by atoms with van der Waals surface area (Å²) in [5, 5.41) is 2.43. The van der Waals surface area contributed by atoms with Crippen LogP contribution in [0.1, 0.15) is 10.4 Å². The predicted molar refractivity (Wildman–Crippen MR) is 96.5 cm³/mol. The highest BCUT2D eigenvalue weighted by molar-refractivity contribution is 5.95. The molecule has 0 spiro atoms. The number of nitrogens with two attached hydrogens (primary N) is 1. The average Bonchev–Trinajstić information content (AvgIpc) is 2.62. The standard InChI is InChI=1S/C20H16N2O3/c21-20(24)22-16-10-6-9-15(13-16)19(23)25-18-12-5-4-11-17(18)14-7-2-1-3-8-14/h1-13H,(H3,21,22,24). The molecule has 124 valence electrons. The van der Waals surface area contributed by atoms with E-state index >= 15 is 0 Å². The third-order valence-electron chi connectivity index (χ3n) is 3.54. The Morgan fingerprint density at radius 1 is 0.840 bits per heavy atom. The second kappa shape index (κ2) is 7.31. The lowest BCUT2D eigenvalue weighted by molar-refractivity contribution is 0.0735. The molecule has 3 N–H and O–H groups in total. The fourth-order valence-corrected chi connectivity index (χ4v) is 2.44. The highest BCUT2D eigenvalue weighted by Crippen LogP contribution is 2.30. The minimum absolute atomic E-state index is 0.314. The first-order valence-electron chi connectivity index (χ1n) is 7.66. The lowest BCUT2D eigenvalue weighted by Gasteiger charge is -2.11. The Bertz CT molecular complexity index is 908. The topological polar surface area (TPSA) is 81.4 Å². The van der Waals surface area contributed by atoms with Crippen LogP contribution in [-0.2, 0) is 0 Å². The number of carbonyl (C=O) groups excluding carboxylic acids is 2. The van der Waals surface area contributed by atoms with Crippen LogP contribution in [0.5, 0.6) is 5.75 Å². The molecule has 3 rings (SSSR count). The molecule has 0 heterocycles. The van der Waals surface area contributed by atoms with Crippen LogP contribution in [0.25, 0.3) is 11.1 Å². The molecule has 5 heteroatoms. The molecule has 0 fully saturated rings. The van der Waals surface area contributed by atoms with Gasteiger partial charge in [-0.15, -0.1) is 0 Å². The minimum Gasteiger partial charge on any atom is -0.422 e. The van der Waals surface area contributed by atoms with Crippen LogP contribution in [-0.4, -0.2) is 12.0 Å². The number of primary amides is 1. The predicted octanol–water partition coefficient (Wildman–Crippen LogP) is 4.06. The van der Waals surface area contributed by atoms with E-state index in [1.165, 1.54) is 6.07 Å². The number of anilines is 1. The summed E-state index contributed by atoms with van der Waals surface area (Å²) < 4.78 is 5.56. The van der Waals surface area contributed by atoms with Crippen LogP contribution in [0.3, 0.4) is 0 Å². The Kier molecular flexibility index (Phi) is 4.76. The molecule has 0 aliphatic carbocycles. The number of para-hydroxylation sites is 1. The maximum atomic E-state index is 12.5. The van der Waals surface area contributed by atoms with Gasteiger partial charge in [0.05, 0.1) is 5.56 Å². The van der Waals surface area contributed by atoms with E-state index in [1.807, 2.05) is 42.5 Å². The van der Waals surface area contributed by atoms with Crippen molar-refractivity contribution >= 4 is 17.7 Å². The SMILES string of the molecule is NC(=O)Nc1cccc(C(=O)Oc2ccccc2-c2ccccc2)c1. The number of urea groups is 1. The van der Waals surface area contributed by atoms with Crippen molar-refractivity contribution in [2.75, 3.05) is 5.32 Å². The first-order valence-corrected chi connectivity index (χ1v) is 7.66. The maximum absolute atomic E-state index is 12.5. The van der Waals surface area contributed by atoms with Crippen molar-refractivity contribution in [3.05, 3.63) is 84.4 Å². The van der Waals surface area contributed by atoms with Crippen molar-refractivity contribution in [1.29, 1.82) is 0 Å². The molecule has 5 nitrogen and oxygen atoms in total. The highest BCUT2D eigenvalue weighted by atomic mass is 16.5. The summed E-state index contributed by atoms with van der Waals surface area (Å²) in [5.74, 6) is -0.0523. The van der Waals surface area contributed by atoms with E-state index in [0.717, 1.165) is 11.1 Å². The second-order valence-electron chi connectivity index (χ2n) is 5.32. The van der Waals surface area contributed by atoms with Crippen molar-refractivity contribution in [2.45, 2.75) is 0 Å². The fraction of sp³-hybridized carbons (Fsp3) is 0. The Labute approximate surface area is 145 Å². The molecule has 3 aromatic carbocycles. The lowest BCUT2D eigenvalue weighted by atomic mass is 10.0. The van der Waals surface area contributed by atoms with E-state index in [0.29, 0.717) is 17.0 Å². The molecule has 0 atom stereocenters. The van der Waals surface area contributed by atoms with Crippen molar-refractivity contribution < 1.29 is 14.3 Å². The normalized spacial score (nSPS) is 10.1. The second-order valence-corrected chi connectivity index (χ2v) is 5.32. The molecule has 0 saturated carbocycles. The van der Waals surface area contributed by atoms with Gasteiger partial charge in [0.25, 0.3) is 0 Å². The van der Waals surface area contributed by atoms with E-state index in [1.54, 1.807) is 30.3 Å². The van der Waals surface area contributed by atoms with Crippen LogP contribution in [0.2, 0.25) is 0 Å². The van der Waals surface area contributed by atoms with E-state index in [2.05, 4.69) is 5.32 Å².